The van der Waals surface area contributed by atoms with Crippen molar-refractivity contribution in [2.24, 2.45) is 0 Å². The monoisotopic (exact) mass is 348 g/mol. The largest absolute Gasteiger partial charge is 0.500 e. The lowest BCUT2D eigenvalue weighted by Crippen LogP contribution is -2.11. The summed E-state index contributed by atoms with van der Waals surface area (Å²) in [6.07, 6.45) is 5.44. The van der Waals surface area contributed by atoms with Crippen molar-refractivity contribution in [3.8, 4) is 11.4 Å². The molecule has 0 aliphatic heterocycles. The summed E-state index contributed by atoms with van der Waals surface area (Å²) in [6.45, 7) is 0. The zero-order valence-corrected chi connectivity index (χ0v) is 14.1. The number of benzene rings is 1. The zero-order valence-electron chi connectivity index (χ0n) is 13.4. The smallest absolute Gasteiger partial charge is 0.377 e. The number of hydrogen-bond acceptors (Lipinski definition) is 5. The molecule has 1 aliphatic rings. The van der Waals surface area contributed by atoms with Gasteiger partial charge in [0.15, 0.2) is 0 Å². The third-order valence-corrected chi connectivity index (χ3v) is 3.93. The van der Waals surface area contributed by atoms with E-state index in [0.717, 1.165) is 17.6 Å². The van der Waals surface area contributed by atoms with Gasteiger partial charge in [-0.25, -0.2) is 9.48 Å². The second kappa shape index (κ2) is 6.97. The van der Waals surface area contributed by atoms with Gasteiger partial charge in [-0.05, 0) is 31.0 Å². The standard InChI is InChI=1S/C17H17ClN2O4/c1-22-10-16(17(21)23-2)24-15-9-12(5-6-13(15)18)20-8-7-14(19-20)11-3-4-11/h5-11H,3-4H2,1-2H3/b16-10-. The van der Waals surface area contributed by atoms with Crippen LogP contribution in [0, 0.1) is 0 Å². The first kappa shape index (κ1) is 16.4. The van der Waals surface area contributed by atoms with Crippen LogP contribution in [-0.4, -0.2) is 30.0 Å². The molecule has 1 aliphatic carbocycles. The van der Waals surface area contributed by atoms with Crippen LogP contribution in [-0.2, 0) is 14.3 Å². The van der Waals surface area contributed by atoms with Gasteiger partial charge in [-0.3, -0.25) is 0 Å². The third kappa shape index (κ3) is 3.54. The average Bonchev–Trinajstić information content (AvgIpc) is 3.33. The molecule has 126 valence electrons. The molecule has 0 N–H and O–H groups in total. The van der Waals surface area contributed by atoms with Crippen LogP contribution in [0.5, 0.6) is 5.75 Å². The number of carbonyl (C=O) groups excluding carboxylic acids is 1. The minimum absolute atomic E-state index is 0.0989. The fourth-order valence-corrected chi connectivity index (χ4v) is 2.39. The second-order valence-electron chi connectivity index (χ2n) is 5.39. The molecule has 1 aromatic heterocycles. The van der Waals surface area contributed by atoms with Gasteiger partial charge in [-0.2, -0.15) is 5.10 Å². The normalized spacial score (nSPS) is 14.4. The molecule has 24 heavy (non-hydrogen) atoms. The highest BCUT2D eigenvalue weighted by Gasteiger charge is 2.26. The molecule has 2 aromatic rings. The molecule has 1 saturated carbocycles. The van der Waals surface area contributed by atoms with E-state index in [1.807, 2.05) is 18.3 Å². The molecule has 0 atom stereocenters. The van der Waals surface area contributed by atoms with E-state index >= 15 is 0 Å². The molecule has 1 aromatic carbocycles. The highest BCUT2D eigenvalue weighted by Crippen LogP contribution is 2.39. The molecule has 0 saturated heterocycles. The lowest BCUT2D eigenvalue weighted by Gasteiger charge is -2.11. The maximum absolute atomic E-state index is 11.7. The van der Waals surface area contributed by atoms with Crippen molar-refractivity contribution < 1.29 is 19.0 Å². The fraction of sp³-hybridized carbons (Fsp3) is 0.294. The summed E-state index contributed by atoms with van der Waals surface area (Å²) in [4.78, 5) is 11.7. The number of aromatic nitrogens is 2. The summed E-state index contributed by atoms with van der Waals surface area (Å²) in [7, 11) is 2.67. The van der Waals surface area contributed by atoms with Crippen molar-refractivity contribution in [3.63, 3.8) is 0 Å². The fourth-order valence-electron chi connectivity index (χ4n) is 2.23. The Bertz CT molecular complexity index is 781. The number of nitrogens with zero attached hydrogens (tertiary/aromatic N) is 2. The van der Waals surface area contributed by atoms with Crippen LogP contribution in [0.4, 0.5) is 0 Å². The molecular formula is C17H17ClN2O4. The Hall–Kier alpha value is -2.47. The highest BCUT2D eigenvalue weighted by molar-refractivity contribution is 6.32. The van der Waals surface area contributed by atoms with Crippen molar-refractivity contribution in [2.75, 3.05) is 14.2 Å². The minimum atomic E-state index is -0.659. The first-order valence-electron chi connectivity index (χ1n) is 7.47. The van der Waals surface area contributed by atoms with Crippen LogP contribution >= 0.6 is 11.6 Å². The molecule has 0 unspecified atom stereocenters. The van der Waals surface area contributed by atoms with E-state index in [1.165, 1.54) is 27.1 Å². The summed E-state index contributed by atoms with van der Waals surface area (Å²) in [5.74, 6) is 0.128. The maximum atomic E-state index is 11.7. The summed E-state index contributed by atoms with van der Waals surface area (Å²) in [5, 5.41) is 4.93. The van der Waals surface area contributed by atoms with E-state index in [-0.39, 0.29) is 5.76 Å². The average molecular weight is 349 g/mol. The minimum Gasteiger partial charge on any atom is -0.500 e. The lowest BCUT2D eigenvalue weighted by atomic mass is 10.3. The number of halogens is 1. The summed E-state index contributed by atoms with van der Waals surface area (Å²) in [6, 6.07) is 7.24. The van der Waals surface area contributed by atoms with Gasteiger partial charge >= 0.3 is 5.97 Å². The van der Waals surface area contributed by atoms with Gasteiger partial charge in [0.2, 0.25) is 5.76 Å². The topological polar surface area (TPSA) is 62.6 Å². The Morgan fingerprint density at radius 1 is 1.33 bits per heavy atom. The van der Waals surface area contributed by atoms with Gasteiger partial charge in [0.25, 0.3) is 0 Å². The van der Waals surface area contributed by atoms with Crippen molar-refractivity contribution in [3.05, 3.63) is 53.2 Å². The predicted octanol–water partition coefficient (Wildman–Crippen LogP) is 3.44. The molecule has 0 radical (unpaired) electrons. The van der Waals surface area contributed by atoms with E-state index in [1.54, 1.807) is 16.8 Å². The number of hydrogen-bond donors (Lipinski definition) is 0. The first-order valence-corrected chi connectivity index (χ1v) is 7.84. The molecule has 3 rings (SSSR count). The van der Waals surface area contributed by atoms with Crippen LogP contribution in [0.25, 0.3) is 5.69 Å². The quantitative estimate of drug-likeness (QED) is 0.454. The Morgan fingerprint density at radius 2 is 2.12 bits per heavy atom. The first-order chi connectivity index (χ1) is 11.6. The van der Waals surface area contributed by atoms with Gasteiger partial charge in [0, 0.05) is 18.2 Å². The van der Waals surface area contributed by atoms with Gasteiger partial charge in [0.05, 0.1) is 30.6 Å². The van der Waals surface area contributed by atoms with Crippen molar-refractivity contribution >= 4 is 17.6 Å². The molecular weight excluding hydrogens is 332 g/mol. The maximum Gasteiger partial charge on any atom is 0.377 e. The van der Waals surface area contributed by atoms with Crippen LogP contribution in [0.2, 0.25) is 5.02 Å². The lowest BCUT2D eigenvalue weighted by molar-refractivity contribution is -0.138. The van der Waals surface area contributed by atoms with Crippen molar-refractivity contribution in [1.82, 2.24) is 9.78 Å². The Morgan fingerprint density at radius 3 is 2.79 bits per heavy atom. The third-order valence-electron chi connectivity index (χ3n) is 3.62. The number of methoxy groups -OCH3 is 2. The van der Waals surface area contributed by atoms with Crippen LogP contribution in [0.3, 0.4) is 0 Å². The summed E-state index contributed by atoms with van der Waals surface area (Å²) >= 11 is 6.17. The summed E-state index contributed by atoms with van der Waals surface area (Å²) in [5.41, 5.74) is 1.87. The Balaban J connectivity index is 1.87. The number of esters is 1. The summed E-state index contributed by atoms with van der Waals surface area (Å²) < 4.78 is 16.8. The van der Waals surface area contributed by atoms with Crippen molar-refractivity contribution in [2.45, 2.75) is 18.8 Å². The molecule has 6 nitrogen and oxygen atoms in total. The van der Waals surface area contributed by atoms with Crippen molar-refractivity contribution in [1.29, 1.82) is 0 Å². The van der Waals surface area contributed by atoms with Gasteiger partial charge in [-0.15, -0.1) is 0 Å². The molecule has 1 heterocycles. The van der Waals surface area contributed by atoms with Gasteiger partial charge in [-0.1, -0.05) is 11.6 Å². The highest BCUT2D eigenvalue weighted by atomic mass is 35.5. The van der Waals surface area contributed by atoms with Crippen LogP contribution in [0.15, 0.2) is 42.5 Å². The van der Waals surface area contributed by atoms with Gasteiger partial charge in [0.1, 0.15) is 12.0 Å². The van der Waals surface area contributed by atoms with E-state index in [9.17, 15) is 4.79 Å². The van der Waals surface area contributed by atoms with Gasteiger partial charge < -0.3 is 14.2 Å². The predicted molar refractivity (Wildman–Crippen MR) is 88.3 cm³/mol. The number of ether oxygens (including phenoxy) is 3. The van der Waals surface area contributed by atoms with E-state index in [4.69, 9.17) is 21.1 Å². The zero-order chi connectivity index (χ0) is 17.1. The molecule has 0 spiro atoms. The Labute approximate surface area is 144 Å². The van der Waals surface area contributed by atoms with Crippen LogP contribution < -0.4 is 4.74 Å². The molecule has 0 bridgehead atoms. The number of rotatable bonds is 6. The SMILES string of the molecule is CO/C=C(\Oc1cc(-n2ccc(C3CC3)n2)ccc1Cl)C(=O)OC. The van der Waals surface area contributed by atoms with E-state index in [0.29, 0.717) is 16.7 Å². The van der Waals surface area contributed by atoms with E-state index in [2.05, 4.69) is 9.84 Å². The molecule has 1 fully saturated rings. The second-order valence-corrected chi connectivity index (χ2v) is 5.79. The molecule has 0 amide bonds. The molecule has 7 heteroatoms. The Kier molecular flexibility index (Phi) is 4.76. The van der Waals surface area contributed by atoms with E-state index < -0.39 is 5.97 Å². The number of carbonyl (C=O) groups is 1. The van der Waals surface area contributed by atoms with Crippen LogP contribution in [0.1, 0.15) is 24.5 Å².